The first-order chi connectivity index (χ1) is 15.2. The van der Waals surface area contributed by atoms with E-state index in [9.17, 15) is 4.79 Å². The fourth-order valence-corrected chi connectivity index (χ4v) is 4.63. The number of carbonyl (C=O) groups is 1. The molecule has 1 fully saturated rings. The zero-order valence-corrected chi connectivity index (χ0v) is 18.7. The molecule has 6 heteroatoms. The van der Waals surface area contributed by atoms with E-state index in [0.717, 1.165) is 23.5 Å². The van der Waals surface area contributed by atoms with Gasteiger partial charge in [-0.2, -0.15) is 0 Å². The Labute approximate surface area is 188 Å². The van der Waals surface area contributed by atoms with E-state index in [2.05, 4.69) is 28.3 Å². The summed E-state index contributed by atoms with van der Waals surface area (Å²) < 4.78 is 5.79. The highest BCUT2D eigenvalue weighted by atomic mass is 32.1. The molecule has 4 rings (SSSR count). The summed E-state index contributed by atoms with van der Waals surface area (Å²) in [5, 5.41) is 5.06. The maximum Gasteiger partial charge on any atom is 0.255 e. The maximum absolute atomic E-state index is 12.9. The molecule has 5 nitrogen and oxygen atoms in total. The molecule has 1 aliphatic rings. The van der Waals surface area contributed by atoms with Gasteiger partial charge in [-0.25, -0.2) is 4.98 Å². The molecule has 0 radical (unpaired) electrons. The van der Waals surface area contributed by atoms with Crippen molar-refractivity contribution in [3.8, 4) is 5.75 Å². The molecule has 0 spiro atoms. The first-order valence-electron chi connectivity index (χ1n) is 10.9. The minimum atomic E-state index is -0.133. The van der Waals surface area contributed by atoms with Gasteiger partial charge in [0.25, 0.3) is 5.91 Å². The minimum Gasteiger partial charge on any atom is -0.487 e. The fourth-order valence-electron chi connectivity index (χ4n) is 4.09. The smallest absolute Gasteiger partial charge is 0.255 e. The first kappa shape index (κ1) is 21.5. The van der Waals surface area contributed by atoms with Crippen molar-refractivity contribution in [1.29, 1.82) is 0 Å². The molecule has 1 N–H and O–H groups in total. The highest BCUT2D eigenvalue weighted by Crippen LogP contribution is 2.25. The van der Waals surface area contributed by atoms with Crippen molar-refractivity contribution >= 4 is 22.9 Å². The monoisotopic (exact) mass is 435 g/mol. The second-order valence-corrected chi connectivity index (χ2v) is 8.83. The minimum absolute atomic E-state index is 0.133. The number of thiazole rings is 1. The SMILES string of the molecule is CN(Cc1ccccc1NC(=O)c1cccc(OCc2cscn2)c1)C1CCCCC1. The van der Waals surface area contributed by atoms with Crippen LogP contribution in [0.15, 0.2) is 59.4 Å². The largest absolute Gasteiger partial charge is 0.487 e. The van der Waals surface area contributed by atoms with E-state index in [0.29, 0.717) is 24.0 Å². The molecule has 31 heavy (non-hydrogen) atoms. The second kappa shape index (κ2) is 10.6. The van der Waals surface area contributed by atoms with E-state index in [4.69, 9.17) is 4.74 Å². The predicted molar refractivity (Wildman–Crippen MR) is 126 cm³/mol. The number of anilines is 1. The van der Waals surface area contributed by atoms with Crippen molar-refractivity contribution in [3.63, 3.8) is 0 Å². The Bertz CT molecular complexity index is 984. The summed E-state index contributed by atoms with van der Waals surface area (Å²) in [7, 11) is 2.19. The molecule has 0 atom stereocenters. The van der Waals surface area contributed by atoms with Gasteiger partial charge in [-0.05, 0) is 49.7 Å². The van der Waals surface area contributed by atoms with E-state index in [1.54, 1.807) is 11.6 Å². The van der Waals surface area contributed by atoms with Gasteiger partial charge in [-0.15, -0.1) is 11.3 Å². The van der Waals surface area contributed by atoms with Crippen LogP contribution in [0.4, 0.5) is 5.69 Å². The number of benzene rings is 2. The number of ether oxygens (including phenoxy) is 1. The van der Waals surface area contributed by atoms with Gasteiger partial charge >= 0.3 is 0 Å². The molecule has 0 aliphatic heterocycles. The Hall–Kier alpha value is -2.70. The molecule has 162 valence electrons. The number of para-hydroxylation sites is 1. The van der Waals surface area contributed by atoms with Crippen molar-refractivity contribution in [2.45, 2.75) is 51.3 Å². The quantitative estimate of drug-likeness (QED) is 0.490. The van der Waals surface area contributed by atoms with E-state index in [-0.39, 0.29) is 5.91 Å². The Morgan fingerprint density at radius 3 is 2.81 bits per heavy atom. The van der Waals surface area contributed by atoms with Gasteiger partial charge in [-0.1, -0.05) is 43.5 Å². The van der Waals surface area contributed by atoms with Crippen molar-refractivity contribution in [3.05, 3.63) is 76.2 Å². The van der Waals surface area contributed by atoms with Crippen molar-refractivity contribution in [2.24, 2.45) is 0 Å². The average Bonchev–Trinajstić information content (AvgIpc) is 3.33. The molecule has 1 heterocycles. The maximum atomic E-state index is 12.9. The third kappa shape index (κ3) is 5.93. The van der Waals surface area contributed by atoms with Gasteiger partial charge in [0.05, 0.1) is 11.2 Å². The number of amides is 1. The van der Waals surface area contributed by atoms with Crippen LogP contribution in [0, 0.1) is 0 Å². The zero-order chi connectivity index (χ0) is 21.5. The van der Waals surface area contributed by atoms with Crippen molar-refractivity contribution in [2.75, 3.05) is 12.4 Å². The van der Waals surface area contributed by atoms with Crippen LogP contribution in [0.3, 0.4) is 0 Å². The van der Waals surface area contributed by atoms with Crippen LogP contribution in [0.5, 0.6) is 5.75 Å². The lowest BCUT2D eigenvalue weighted by molar-refractivity contribution is 0.102. The van der Waals surface area contributed by atoms with Gasteiger partial charge in [0.1, 0.15) is 12.4 Å². The summed E-state index contributed by atoms with van der Waals surface area (Å²) in [6.07, 6.45) is 6.50. The lowest BCUT2D eigenvalue weighted by Gasteiger charge is -2.31. The highest BCUT2D eigenvalue weighted by Gasteiger charge is 2.19. The molecule has 3 aromatic rings. The van der Waals surface area contributed by atoms with Crippen LogP contribution in [-0.2, 0) is 13.2 Å². The van der Waals surface area contributed by atoms with Gasteiger partial charge in [0, 0.05) is 29.2 Å². The van der Waals surface area contributed by atoms with E-state index in [1.165, 1.54) is 43.4 Å². The Kier molecular flexibility index (Phi) is 7.33. The van der Waals surface area contributed by atoms with Crippen LogP contribution in [0.25, 0.3) is 0 Å². The number of hydrogen-bond acceptors (Lipinski definition) is 5. The summed E-state index contributed by atoms with van der Waals surface area (Å²) in [5.74, 6) is 0.526. The standard InChI is InChI=1S/C25H29N3O2S/c1-28(22-10-3-2-4-11-22)15-20-8-5-6-13-24(20)27-25(29)19-9-7-12-23(14-19)30-16-21-17-31-18-26-21/h5-9,12-14,17-18,22H,2-4,10-11,15-16H2,1H3,(H,27,29). The lowest BCUT2D eigenvalue weighted by Crippen LogP contribution is -2.33. The van der Waals surface area contributed by atoms with Crippen LogP contribution in [0.2, 0.25) is 0 Å². The number of aromatic nitrogens is 1. The third-order valence-electron chi connectivity index (χ3n) is 5.85. The molecule has 0 saturated heterocycles. The average molecular weight is 436 g/mol. The number of rotatable bonds is 8. The van der Waals surface area contributed by atoms with Crippen LogP contribution in [0.1, 0.15) is 53.7 Å². The molecule has 1 aliphatic carbocycles. The summed E-state index contributed by atoms with van der Waals surface area (Å²) in [4.78, 5) is 19.6. The fraction of sp³-hybridized carbons (Fsp3) is 0.360. The molecule has 1 saturated carbocycles. The second-order valence-electron chi connectivity index (χ2n) is 8.11. The van der Waals surface area contributed by atoms with Crippen LogP contribution >= 0.6 is 11.3 Å². The van der Waals surface area contributed by atoms with Gasteiger partial charge < -0.3 is 10.1 Å². The third-order valence-corrected chi connectivity index (χ3v) is 6.49. The predicted octanol–water partition coefficient (Wildman–Crippen LogP) is 5.74. The van der Waals surface area contributed by atoms with Gasteiger partial charge in [0.15, 0.2) is 0 Å². The summed E-state index contributed by atoms with van der Waals surface area (Å²) in [6.45, 7) is 1.23. The summed E-state index contributed by atoms with van der Waals surface area (Å²) in [6, 6.07) is 16.0. The molecular formula is C25H29N3O2S. The molecule has 0 bridgehead atoms. The molecule has 1 amide bonds. The normalized spacial score (nSPS) is 14.5. The molecule has 1 aromatic heterocycles. The van der Waals surface area contributed by atoms with Crippen molar-refractivity contribution < 1.29 is 9.53 Å². The zero-order valence-electron chi connectivity index (χ0n) is 17.9. The summed E-state index contributed by atoms with van der Waals surface area (Å²) in [5.41, 5.74) is 5.25. The molecule has 0 unspecified atom stereocenters. The number of carbonyl (C=O) groups excluding carboxylic acids is 1. The van der Waals surface area contributed by atoms with Crippen molar-refractivity contribution in [1.82, 2.24) is 9.88 Å². The molecular weight excluding hydrogens is 406 g/mol. The van der Waals surface area contributed by atoms with Crippen LogP contribution < -0.4 is 10.1 Å². The summed E-state index contributed by atoms with van der Waals surface area (Å²) >= 11 is 1.54. The topological polar surface area (TPSA) is 54.5 Å². The Morgan fingerprint density at radius 1 is 1.16 bits per heavy atom. The number of nitrogens with one attached hydrogen (secondary N) is 1. The lowest BCUT2D eigenvalue weighted by atomic mass is 9.94. The first-order valence-corrected chi connectivity index (χ1v) is 11.8. The van der Waals surface area contributed by atoms with E-state index >= 15 is 0 Å². The molecule has 2 aromatic carbocycles. The van der Waals surface area contributed by atoms with E-state index in [1.807, 2.05) is 41.8 Å². The number of nitrogens with zero attached hydrogens (tertiary/aromatic N) is 2. The van der Waals surface area contributed by atoms with E-state index < -0.39 is 0 Å². The van der Waals surface area contributed by atoms with Gasteiger partial charge in [0.2, 0.25) is 0 Å². The highest BCUT2D eigenvalue weighted by molar-refractivity contribution is 7.07. The Morgan fingerprint density at radius 2 is 2.00 bits per heavy atom. The number of hydrogen-bond donors (Lipinski definition) is 1. The van der Waals surface area contributed by atoms with Crippen LogP contribution in [-0.4, -0.2) is 28.9 Å². The Balaban J connectivity index is 1.41. The van der Waals surface area contributed by atoms with Gasteiger partial charge in [-0.3, -0.25) is 9.69 Å².